The molecule has 0 aromatic heterocycles. The van der Waals surface area contributed by atoms with Crippen LogP contribution in [0.2, 0.25) is 0 Å². The molecule has 1 aromatic rings. The maximum absolute atomic E-state index is 13.6. The smallest absolute Gasteiger partial charge is 0.375 e. The summed E-state index contributed by atoms with van der Waals surface area (Å²) in [6, 6.07) is 5.28. The quantitative estimate of drug-likeness (QED) is 0.862. The van der Waals surface area contributed by atoms with E-state index in [1.807, 2.05) is 13.0 Å². The minimum absolute atomic E-state index is 0.232. The predicted octanol–water partition coefficient (Wildman–Crippen LogP) is 3.13. The van der Waals surface area contributed by atoms with Crippen molar-refractivity contribution in [1.82, 2.24) is 0 Å². The van der Waals surface area contributed by atoms with E-state index >= 15 is 0 Å². The molecule has 4 heteroatoms. The average molecular weight is 240 g/mol. The number of hydrogen-bond donors (Lipinski definition) is 1. The Morgan fingerprint density at radius 1 is 1.47 bits per heavy atom. The van der Waals surface area contributed by atoms with Crippen molar-refractivity contribution in [2.75, 3.05) is 0 Å². The molecule has 0 amide bonds. The molecule has 0 radical (unpaired) electrons. The Morgan fingerprint density at radius 2 is 2.18 bits per heavy atom. The molecule has 0 bridgehead atoms. The molecular formula is C13H14F2O2. The second-order valence-corrected chi connectivity index (χ2v) is 4.58. The molecule has 1 aliphatic rings. The van der Waals surface area contributed by atoms with E-state index in [0.29, 0.717) is 12.0 Å². The van der Waals surface area contributed by atoms with Gasteiger partial charge in [-0.15, -0.1) is 0 Å². The molecule has 2 nitrogen and oxygen atoms in total. The number of aliphatic carboxylic acids is 1. The molecule has 0 saturated heterocycles. The minimum atomic E-state index is -3.68. The van der Waals surface area contributed by atoms with Crippen LogP contribution in [-0.4, -0.2) is 17.0 Å². The Hall–Kier alpha value is -1.45. The molecule has 0 fully saturated rings. The molecule has 0 aliphatic heterocycles. The van der Waals surface area contributed by atoms with Gasteiger partial charge in [0.2, 0.25) is 0 Å². The fourth-order valence-corrected chi connectivity index (χ4v) is 2.47. The molecule has 0 spiro atoms. The molecule has 2 rings (SSSR count). The van der Waals surface area contributed by atoms with E-state index in [1.54, 1.807) is 12.1 Å². The van der Waals surface area contributed by atoms with E-state index in [1.165, 1.54) is 0 Å². The number of halogens is 2. The first kappa shape index (κ1) is 12.0. The third-order valence-corrected chi connectivity index (χ3v) is 3.34. The number of alkyl halides is 2. The number of benzene rings is 1. The summed E-state index contributed by atoms with van der Waals surface area (Å²) in [4.78, 5) is 10.6. The van der Waals surface area contributed by atoms with E-state index in [-0.39, 0.29) is 6.42 Å². The third-order valence-electron chi connectivity index (χ3n) is 3.34. The minimum Gasteiger partial charge on any atom is -0.477 e. The number of hydrogen-bond acceptors (Lipinski definition) is 1. The summed E-state index contributed by atoms with van der Waals surface area (Å²) in [6.07, 6.45) is 1.60. The van der Waals surface area contributed by atoms with Crippen molar-refractivity contribution in [3.63, 3.8) is 0 Å². The maximum atomic E-state index is 13.6. The van der Waals surface area contributed by atoms with Crippen molar-refractivity contribution in [3.8, 4) is 0 Å². The highest BCUT2D eigenvalue weighted by Gasteiger charge is 2.49. The van der Waals surface area contributed by atoms with Crippen LogP contribution in [0, 0.1) is 6.92 Å². The molecular weight excluding hydrogens is 226 g/mol. The summed E-state index contributed by atoms with van der Waals surface area (Å²) in [5.41, 5.74) is 2.37. The zero-order valence-electron chi connectivity index (χ0n) is 9.54. The Labute approximate surface area is 98.3 Å². The van der Waals surface area contributed by atoms with Gasteiger partial charge < -0.3 is 5.11 Å². The van der Waals surface area contributed by atoms with Crippen LogP contribution in [-0.2, 0) is 11.2 Å². The third kappa shape index (κ3) is 2.04. The average Bonchev–Trinajstić information content (AvgIpc) is 2.27. The summed E-state index contributed by atoms with van der Waals surface area (Å²) in [5, 5.41) is 8.62. The van der Waals surface area contributed by atoms with E-state index in [9.17, 15) is 13.6 Å². The monoisotopic (exact) mass is 240 g/mol. The van der Waals surface area contributed by atoms with Crippen LogP contribution in [0.25, 0.3) is 0 Å². The van der Waals surface area contributed by atoms with Crippen LogP contribution < -0.4 is 0 Å². The van der Waals surface area contributed by atoms with Crippen molar-refractivity contribution in [3.05, 3.63) is 34.9 Å². The van der Waals surface area contributed by atoms with Gasteiger partial charge in [-0.2, -0.15) is 8.78 Å². The van der Waals surface area contributed by atoms with Crippen molar-refractivity contribution < 1.29 is 18.7 Å². The first-order valence-electron chi connectivity index (χ1n) is 5.63. The number of aryl methyl sites for hydroxylation is 2. The Morgan fingerprint density at radius 3 is 2.82 bits per heavy atom. The first-order chi connectivity index (χ1) is 7.93. The van der Waals surface area contributed by atoms with Gasteiger partial charge >= 0.3 is 11.9 Å². The molecule has 1 aliphatic carbocycles. The molecule has 1 atom stereocenters. The summed E-state index contributed by atoms with van der Waals surface area (Å²) in [5.74, 6) is -6.90. The largest absolute Gasteiger partial charge is 0.477 e. The normalized spacial score (nSPS) is 19.8. The van der Waals surface area contributed by atoms with Gasteiger partial charge in [-0.05, 0) is 37.3 Å². The summed E-state index contributed by atoms with van der Waals surface area (Å²) in [7, 11) is 0. The van der Waals surface area contributed by atoms with Gasteiger partial charge in [-0.3, -0.25) is 0 Å². The van der Waals surface area contributed by atoms with Gasteiger partial charge in [0, 0.05) is 0 Å². The van der Waals surface area contributed by atoms with E-state index in [0.717, 1.165) is 17.5 Å². The molecule has 17 heavy (non-hydrogen) atoms. The van der Waals surface area contributed by atoms with Crippen molar-refractivity contribution in [1.29, 1.82) is 0 Å². The highest BCUT2D eigenvalue weighted by atomic mass is 19.3. The van der Waals surface area contributed by atoms with Gasteiger partial charge in [-0.1, -0.05) is 23.8 Å². The Kier molecular flexibility index (Phi) is 2.89. The first-order valence-corrected chi connectivity index (χ1v) is 5.63. The highest BCUT2D eigenvalue weighted by Crippen LogP contribution is 2.42. The van der Waals surface area contributed by atoms with Gasteiger partial charge in [0.15, 0.2) is 0 Å². The zero-order chi connectivity index (χ0) is 12.6. The van der Waals surface area contributed by atoms with Crippen molar-refractivity contribution in [2.45, 2.75) is 38.0 Å². The van der Waals surface area contributed by atoms with Gasteiger partial charge in [0.25, 0.3) is 0 Å². The Balaban J connectivity index is 2.45. The van der Waals surface area contributed by atoms with E-state index in [2.05, 4.69) is 0 Å². The lowest BCUT2D eigenvalue weighted by molar-refractivity contribution is -0.169. The SMILES string of the molecule is Cc1ccc2c(c1)CCCC2C(F)(F)C(=O)O. The molecule has 0 heterocycles. The highest BCUT2D eigenvalue weighted by molar-refractivity contribution is 5.77. The number of carboxylic acid groups (broad SMARTS) is 1. The van der Waals surface area contributed by atoms with Crippen LogP contribution in [0.1, 0.15) is 35.4 Å². The number of fused-ring (bicyclic) bond motifs is 1. The summed E-state index contributed by atoms with van der Waals surface area (Å²) < 4.78 is 27.2. The molecule has 1 aromatic carbocycles. The second-order valence-electron chi connectivity index (χ2n) is 4.58. The topological polar surface area (TPSA) is 37.3 Å². The number of rotatable bonds is 2. The Bertz CT molecular complexity index is 455. The molecule has 0 saturated carbocycles. The number of carboxylic acids is 1. The lowest BCUT2D eigenvalue weighted by atomic mass is 9.79. The fourth-order valence-electron chi connectivity index (χ4n) is 2.47. The second kappa shape index (κ2) is 4.09. The molecule has 1 unspecified atom stereocenters. The van der Waals surface area contributed by atoms with Gasteiger partial charge in [-0.25, -0.2) is 4.79 Å². The molecule has 1 N–H and O–H groups in total. The van der Waals surface area contributed by atoms with Crippen LogP contribution in [0.15, 0.2) is 18.2 Å². The summed E-state index contributed by atoms with van der Waals surface area (Å²) in [6.45, 7) is 1.90. The summed E-state index contributed by atoms with van der Waals surface area (Å²) >= 11 is 0. The molecule has 92 valence electrons. The van der Waals surface area contributed by atoms with Crippen LogP contribution in [0.4, 0.5) is 8.78 Å². The standard InChI is InChI=1S/C13H14F2O2/c1-8-5-6-10-9(7-8)3-2-4-11(10)13(14,15)12(16)17/h5-7,11H,2-4H2,1H3,(H,16,17). The lowest BCUT2D eigenvalue weighted by Gasteiger charge is -2.29. The predicted molar refractivity (Wildman–Crippen MR) is 59.4 cm³/mol. The van der Waals surface area contributed by atoms with Crippen molar-refractivity contribution >= 4 is 5.97 Å². The van der Waals surface area contributed by atoms with Crippen LogP contribution >= 0.6 is 0 Å². The lowest BCUT2D eigenvalue weighted by Crippen LogP contribution is -2.37. The van der Waals surface area contributed by atoms with Crippen LogP contribution in [0.5, 0.6) is 0 Å². The van der Waals surface area contributed by atoms with Gasteiger partial charge in [0.1, 0.15) is 0 Å². The maximum Gasteiger partial charge on any atom is 0.375 e. The van der Waals surface area contributed by atoms with Crippen LogP contribution in [0.3, 0.4) is 0 Å². The van der Waals surface area contributed by atoms with E-state index < -0.39 is 17.8 Å². The van der Waals surface area contributed by atoms with Crippen molar-refractivity contribution in [2.24, 2.45) is 0 Å². The van der Waals surface area contributed by atoms with E-state index in [4.69, 9.17) is 5.11 Å². The fraction of sp³-hybridized carbons (Fsp3) is 0.462. The number of carbonyl (C=O) groups is 1. The zero-order valence-corrected chi connectivity index (χ0v) is 9.54. The van der Waals surface area contributed by atoms with Gasteiger partial charge in [0.05, 0.1) is 5.92 Å².